The van der Waals surface area contributed by atoms with Crippen molar-refractivity contribution >= 4 is 17.8 Å². The summed E-state index contributed by atoms with van der Waals surface area (Å²) in [6.07, 6.45) is 0. The van der Waals surface area contributed by atoms with Gasteiger partial charge in [0.25, 0.3) is 11.8 Å². The Balaban J connectivity index is 1.47. The first-order valence-electron chi connectivity index (χ1n) is 7.87. The number of imide groups is 1. The van der Waals surface area contributed by atoms with E-state index >= 15 is 0 Å². The fraction of sp³-hybridized carbons (Fsp3) is 0.211. The molecule has 1 heterocycles. The number of rotatable bonds is 6. The maximum atomic E-state index is 12.2. The SMILES string of the molecule is Cc1ccccc1OCC(=O)OCCN1C(=O)c2ccccc2C1=O. The summed E-state index contributed by atoms with van der Waals surface area (Å²) >= 11 is 0. The second-order valence-electron chi connectivity index (χ2n) is 5.58. The number of amides is 2. The average Bonchev–Trinajstić information content (AvgIpc) is 2.86. The molecule has 0 aromatic heterocycles. The molecule has 6 nitrogen and oxygen atoms in total. The van der Waals surface area contributed by atoms with Crippen LogP contribution in [0.4, 0.5) is 0 Å². The Morgan fingerprint density at radius 3 is 2.20 bits per heavy atom. The zero-order valence-corrected chi connectivity index (χ0v) is 13.7. The molecule has 0 unspecified atom stereocenters. The summed E-state index contributed by atoms with van der Waals surface area (Å²) in [5.41, 5.74) is 1.67. The average molecular weight is 339 g/mol. The molecule has 2 aromatic carbocycles. The fourth-order valence-electron chi connectivity index (χ4n) is 2.59. The minimum absolute atomic E-state index is 0.0163. The topological polar surface area (TPSA) is 72.9 Å². The third-order valence-electron chi connectivity index (χ3n) is 3.90. The van der Waals surface area contributed by atoms with Crippen molar-refractivity contribution in [2.75, 3.05) is 19.8 Å². The Kier molecular flexibility index (Phi) is 4.79. The van der Waals surface area contributed by atoms with E-state index in [9.17, 15) is 14.4 Å². The van der Waals surface area contributed by atoms with E-state index in [0.29, 0.717) is 16.9 Å². The summed E-state index contributed by atoms with van der Waals surface area (Å²) < 4.78 is 10.4. The van der Waals surface area contributed by atoms with Crippen LogP contribution in [0.15, 0.2) is 48.5 Å². The lowest BCUT2D eigenvalue weighted by Gasteiger charge is -2.14. The molecule has 2 amide bonds. The molecule has 0 fully saturated rings. The van der Waals surface area contributed by atoms with E-state index < -0.39 is 5.97 Å². The molecule has 0 atom stereocenters. The Morgan fingerprint density at radius 2 is 1.56 bits per heavy atom. The summed E-state index contributed by atoms with van der Waals surface area (Å²) in [5.74, 6) is -0.680. The first kappa shape index (κ1) is 16.7. The largest absolute Gasteiger partial charge is 0.482 e. The molecule has 0 saturated heterocycles. The zero-order valence-electron chi connectivity index (χ0n) is 13.7. The van der Waals surface area contributed by atoms with Crippen molar-refractivity contribution in [3.63, 3.8) is 0 Å². The van der Waals surface area contributed by atoms with Crippen LogP contribution >= 0.6 is 0 Å². The van der Waals surface area contributed by atoms with Gasteiger partial charge in [0.15, 0.2) is 6.61 Å². The molecule has 0 aliphatic carbocycles. The number of hydrogen-bond acceptors (Lipinski definition) is 5. The molecule has 1 aliphatic rings. The fourth-order valence-corrected chi connectivity index (χ4v) is 2.59. The number of hydrogen-bond donors (Lipinski definition) is 0. The molecule has 25 heavy (non-hydrogen) atoms. The normalized spacial score (nSPS) is 12.9. The minimum Gasteiger partial charge on any atom is -0.482 e. The number of carbonyl (C=O) groups is 3. The highest BCUT2D eigenvalue weighted by atomic mass is 16.6. The van der Waals surface area contributed by atoms with Crippen molar-refractivity contribution in [1.29, 1.82) is 0 Å². The van der Waals surface area contributed by atoms with Crippen LogP contribution in [-0.2, 0) is 9.53 Å². The number of esters is 1. The van der Waals surface area contributed by atoms with Crippen LogP contribution in [0.3, 0.4) is 0 Å². The van der Waals surface area contributed by atoms with Crippen LogP contribution in [0, 0.1) is 6.92 Å². The van der Waals surface area contributed by atoms with Crippen molar-refractivity contribution in [3.8, 4) is 5.75 Å². The van der Waals surface area contributed by atoms with Crippen molar-refractivity contribution < 1.29 is 23.9 Å². The molecule has 6 heteroatoms. The van der Waals surface area contributed by atoms with Gasteiger partial charge in [-0.15, -0.1) is 0 Å². The second kappa shape index (κ2) is 7.17. The van der Waals surface area contributed by atoms with Gasteiger partial charge in [-0.2, -0.15) is 0 Å². The van der Waals surface area contributed by atoms with Crippen molar-refractivity contribution in [2.24, 2.45) is 0 Å². The Hall–Kier alpha value is -3.15. The molecule has 2 aromatic rings. The van der Waals surface area contributed by atoms with Crippen LogP contribution < -0.4 is 4.74 Å². The monoisotopic (exact) mass is 339 g/mol. The molecule has 128 valence electrons. The summed E-state index contributed by atoms with van der Waals surface area (Å²) in [5, 5.41) is 0. The van der Waals surface area contributed by atoms with Gasteiger partial charge in [-0.25, -0.2) is 4.79 Å². The molecule has 3 rings (SSSR count). The van der Waals surface area contributed by atoms with Gasteiger partial charge >= 0.3 is 5.97 Å². The van der Waals surface area contributed by atoms with Crippen molar-refractivity contribution in [2.45, 2.75) is 6.92 Å². The number of benzene rings is 2. The van der Waals surface area contributed by atoms with Crippen LogP contribution in [0.2, 0.25) is 0 Å². The van der Waals surface area contributed by atoms with E-state index in [1.165, 1.54) is 0 Å². The molecule has 0 spiro atoms. The van der Waals surface area contributed by atoms with E-state index in [2.05, 4.69) is 0 Å². The van der Waals surface area contributed by atoms with Gasteiger partial charge in [0.05, 0.1) is 17.7 Å². The predicted molar refractivity (Wildman–Crippen MR) is 89.4 cm³/mol. The van der Waals surface area contributed by atoms with E-state index in [-0.39, 0.29) is 31.6 Å². The summed E-state index contributed by atoms with van der Waals surface area (Å²) in [4.78, 5) is 37.2. The molecule has 0 saturated carbocycles. The highest BCUT2D eigenvalue weighted by molar-refractivity contribution is 6.21. The van der Waals surface area contributed by atoms with E-state index in [0.717, 1.165) is 10.5 Å². The number of aryl methyl sites for hydroxylation is 1. The van der Waals surface area contributed by atoms with Crippen LogP contribution in [0.25, 0.3) is 0 Å². The number of nitrogens with zero attached hydrogens (tertiary/aromatic N) is 1. The lowest BCUT2D eigenvalue weighted by atomic mass is 10.1. The Bertz CT molecular complexity index is 795. The highest BCUT2D eigenvalue weighted by Gasteiger charge is 2.34. The van der Waals surface area contributed by atoms with Gasteiger partial charge in [0, 0.05) is 0 Å². The molecule has 1 aliphatic heterocycles. The quantitative estimate of drug-likeness (QED) is 0.596. The van der Waals surface area contributed by atoms with Gasteiger partial charge in [0.1, 0.15) is 12.4 Å². The van der Waals surface area contributed by atoms with Gasteiger partial charge in [0.2, 0.25) is 0 Å². The van der Waals surface area contributed by atoms with E-state index in [4.69, 9.17) is 9.47 Å². The molecule has 0 radical (unpaired) electrons. The van der Waals surface area contributed by atoms with E-state index in [1.807, 2.05) is 25.1 Å². The molecule has 0 bridgehead atoms. The van der Waals surface area contributed by atoms with Gasteiger partial charge in [-0.05, 0) is 30.7 Å². The molecule has 0 N–H and O–H groups in total. The Morgan fingerprint density at radius 1 is 0.960 bits per heavy atom. The smallest absolute Gasteiger partial charge is 0.344 e. The Labute approximate surface area is 145 Å². The predicted octanol–water partition coefficient (Wildman–Crippen LogP) is 2.21. The lowest BCUT2D eigenvalue weighted by molar-refractivity contribution is -0.146. The first-order valence-corrected chi connectivity index (χ1v) is 7.87. The van der Waals surface area contributed by atoms with E-state index in [1.54, 1.807) is 30.3 Å². The zero-order chi connectivity index (χ0) is 17.8. The maximum Gasteiger partial charge on any atom is 0.344 e. The molecular weight excluding hydrogens is 322 g/mol. The van der Waals surface area contributed by atoms with Crippen LogP contribution in [0.5, 0.6) is 5.75 Å². The number of para-hydroxylation sites is 1. The third-order valence-corrected chi connectivity index (χ3v) is 3.90. The molecular formula is C19H17NO5. The van der Waals surface area contributed by atoms with Gasteiger partial charge in [-0.3, -0.25) is 14.5 Å². The first-order chi connectivity index (χ1) is 12.1. The minimum atomic E-state index is -0.556. The summed E-state index contributed by atoms with van der Waals surface area (Å²) in [7, 11) is 0. The van der Waals surface area contributed by atoms with Crippen LogP contribution in [0.1, 0.15) is 26.3 Å². The second-order valence-corrected chi connectivity index (χ2v) is 5.58. The highest BCUT2D eigenvalue weighted by Crippen LogP contribution is 2.22. The third kappa shape index (κ3) is 3.52. The summed E-state index contributed by atoms with van der Waals surface area (Å²) in [6, 6.07) is 14.0. The standard InChI is InChI=1S/C19H17NO5/c1-13-6-2-5-9-16(13)25-12-17(21)24-11-10-20-18(22)14-7-3-4-8-15(14)19(20)23/h2-9H,10-12H2,1H3. The number of carbonyl (C=O) groups excluding carboxylic acids is 3. The van der Waals surface area contributed by atoms with Crippen LogP contribution in [-0.4, -0.2) is 42.4 Å². The van der Waals surface area contributed by atoms with Crippen molar-refractivity contribution in [1.82, 2.24) is 4.90 Å². The maximum absolute atomic E-state index is 12.2. The lowest BCUT2D eigenvalue weighted by Crippen LogP contribution is -2.34. The summed E-state index contributed by atoms with van der Waals surface area (Å²) in [6.45, 7) is 1.60. The number of ether oxygens (including phenoxy) is 2. The van der Waals surface area contributed by atoms with Gasteiger partial charge in [-0.1, -0.05) is 30.3 Å². The number of fused-ring (bicyclic) bond motifs is 1. The van der Waals surface area contributed by atoms with Gasteiger partial charge < -0.3 is 9.47 Å². The van der Waals surface area contributed by atoms with Crippen molar-refractivity contribution in [3.05, 3.63) is 65.2 Å².